The molecule has 26 heavy (non-hydrogen) atoms. The second kappa shape index (κ2) is 6.75. The van der Waals surface area contributed by atoms with Gasteiger partial charge >= 0.3 is 5.97 Å². The summed E-state index contributed by atoms with van der Waals surface area (Å²) in [4.78, 5) is 28.3. The van der Waals surface area contributed by atoms with Crippen molar-refractivity contribution in [3.8, 4) is 0 Å². The highest BCUT2D eigenvalue weighted by Crippen LogP contribution is 2.48. The number of hydrogen-bond acceptors (Lipinski definition) is 3. The Morgan fingerprint density at radius 1 is 0.962 bits per heavy atom. The van der Waals surface area contributed by atoms with E-state index in [1.54, 1.807) is 12.4 Å². The van der Waals surface area contributed by atoms with E-state index in [2.05, 4.69) is 10.3 Å². The fraction of sp³-hybridized carbons (Fsp3) is 0.286. The first-order valence-electron chi connectivity index (χ1n) is 8.81. The van der Waals surface area contributed by atoms with Crippen molar-refractivity contribution in [3.05, 3.63) is 72.1 Å². The third-order valence-electron chi connectivity index (χ3n) is 5.43. The molecule has 1 saturated carbocycles. The quantitative estimate of drug-likeness (QED) is 0.814. The maximum absolute atomic E-state index is 12.7. The minimum atomic E-state index is -0.880. The molecule has 2 aliphatic rings. The summed E-state index contributed by atoms with van der Waals surface area (Å²) in [6.07, 6.45) is 9.04. The number of fused-ring (bicyclic) bond motifs is 2. The molecule has 5 nitrogen and oxygen atoms in total. The van der Waals surface area contributed by atoms with Gasteiger partial charge in [-0.3, -0.25) is 14.6 Å². The number of hydrogen-bond donors (Lipinski definition) is 2. The number of anilines is 1. The number of carboxylic acid groups (broad SMARTS) is 1. The number of aliphatic carboxylic acids is 1. The third-order valence-corrected chi connectivity index (χ3v) is 5.43. The van der Waals surface area contributed by atoms with Crippen LogP contribution in [0.2, 0.25) is 0 Å². The van der Waals surface area contributed by atoms with Crippen LogP contribution in [0.5, 0.6) is 0 Å². The molecular weight excluding hydrogens is 328 g/mol. The molecule has 0 unspecified atom stereocenters. The first-order valence-corrected chi connectivity index (χ1v) is 8.81. The molecule has 0 saturated heterocycles. The van der Waals surface area contributed by atoms with Crippen LogP contribution in [-0.4, -0.2) is 22.0 Å². The van der Waals surface area contributed by atoms with Gasteiger partial charge in [0.05, 0.1) is 11.8 Å². The van der Waals surface area contributed by atoms with E-state index in [1.807, 2.05) is 48.6 Å². The summed E-state index contributed by atoms with van der Waals surface area (Å²) < 4.78 is 0. The number of benzene rings is 1. The predicted molar refractivity (Wildman–Crippen MR) is 97.5 cm³/mol. The molecule has 4 rings (SSSR count). The van der Waals surface area contributed by atoms with Crippen LogP contribution in [-0.2, 0) is 16.0 Å². The lowest BCUT2D eigenvalue weighted by Gasteiger charge is -2.23. The van der Waals surface area contributed by atoms with E-state index in [0.29, 0.717) is 5.69 Å². The number of rotatable bonds is 5. The van der Waals surface area contributed by atoms with Gasteiger partial charge in [-0.1, -0.05) is 24.3 Å². The van der Waals surface area contributed by atoms with Crippen LogP contribution in [0.4, 0.5) is 5.69 Å². The van der Waals surface area contributed by atoms with Crippen LogP contribution in [0, 0.1) is 23.7 Å². The van der Waals surface area contributed by atoms with E-state index in [9.17, 15) is 14.7 Å². The fourth-order valence-electron chi connectivity index (χ4n) is 4.18. The van der Waals surface area contributed by atoms with Gasteiger partial charge in [-0.2, -0.15) is 0 Å². The molecule has 0 spiro atoms. The number of pyridine rings is 1. The highest BCUT2D eigenvalue weighted by molar-refractivity contribution is 5.96. The number of amides is 1. The summed E-state index contributed by atoms with van der Waals surface area (Å²) in [5.74, 6) is -2.16. The predicted octanol–water partition coefficient (Wildman–Crippen LogP) is 3.13. The maximum atomic E-state index is 12.7. The van der Waals surface area contributed by atoms with Crippen LogP contribution in [0.15, 0.2) is 60.9 Å². The minimum Gasteiger partial charge on any atom is -0.481 e. The molecule has 0 aliphatic heterocycles. The van der Waals surface area contributed by atoms with Crippen molar-refractivity contribution in [1.29, 1.82) is 0 Å². The normalized spacial score (nSPS) is 26.0. The Kier molecular flexibility index (Phi) is 4.29. The Bertz CT molecular complexity index is 845. The molecule has 1 aromatic carbocycles. The highest BCUT2D eigenvalue weighted by Gasteiger charge is 2.51. The standard InChI is InChI=1S/C21H20N2O3/c24-20(18-15-3-4-16(12-15)19(18)21(25)26)23-17-5-1-13(2-6-17)11-14-7-9-22-10-8-14/h1-10,15-16,18-19H,11-12H2,(H,23,24)(H,25,26)/t15-,16-,18+,19-/m0/s1. The van der Waals surface area contributed by atoms with Crippen LogP contribution in [0.3, 0.4) is 0 Å². The van der Waals surface area contributed by atoms with Gasteiger partial charge in [0.2, 0.25) is 5.91 Å². The molecule has 132 valence electrons. The van der Waals surface area contributed by atoms with Crippen molar-refractivity contribution >= 4 is 17.6 Å². The number of nitrogens with zero attached hydrogens (tertiary/aromatic N) is 1. The molecule has 2 bridgehead atoms. The zero-order chi connectivity index (χ0) is 18.1. The molecule has 2 aliphatic carbocycles. The van der Waals surface area contributed by atoms with Crippen LogP contribution < -0.4 is 5.32 Å². The van der Waals surface area contributed by atoms with Crippen molar-refractivity contribution in [2.24, 2.45) is 23.7 Å². The van der Waals surface area contributed by atoms with Gasteiger partial charge in [-0.25, -0.2) is 0 Å². The van der Waals surface area contributed by atoms with E-state index >= 15 is 0 Å². The van der Waals surface area contributed by atoms with Gasteiger partial charge in [0.15, 0.2) is 0 Å². The first kappa shape index (κ1) is 16.5. The topological polar surface area (TPSA) is 79.3 Å². The van der Waals surface area contributed by atoms with Gasteiger partial charge in [0.1, 0.15) is 0 Å². The van der Waals surface area contributed by atoms with Gasteiger partial charge in [0, 0.05) is 18.1 Å². The average Bonchev–Trinajstić information content (AvgIpc) is 3.25. The summed E-state index contributed by atoms with van der Waals surface area (Å²) in [7, 11) is 0. The van der Waals surface area contributed by atoms with Crippen LogP contribution in [0.25, 0.3) is 0 Å². The van der Waals surface area contributed by atoms with Gasteiger partial charge < -0.3 is 10.4 Å². The summed E-state index contributed by atoms with van der Waals surface area (Å²) in [5.41, 5.74) is 3.01. The van der Waals surface area contributed by atoms with E-state index in [0.717, 1.165) is 18.4 Å². The maximum Gasteiger partial charge on any atom is 0.307 e. The third kappa shape index (κ3) is 3.12. The molecule has 2 aromatic rings. The number of allylic oxidation sites excluding steroid dienone is 2. The largest absolute Gasteiger partial charge is 0.481 e. The van der Waals surface area contributed by atoms with E-state index in [-0.39, 0.29) is 17.7 Å². The van der Waals surface area contributed by atoms with Crippen LogP contribution in [0.1, 0.15) is 17.5 Å². The monoisotopic (exact) mass is 348 g/mol. The number of carbonyl (C=O) groups excluding carboxylic acids is 1. The highest BCUT2D eigenvalue weighted by atomic mass is 16.4. The van der Waals surface area contributed by atoms with E-state index in [4.69, 9.17) is 0 Å². The first-order chi connectivity index (χ1) is 12.6. The number of nitrogens with one attached hydrogen (secondary N) is 1. The summed E-state index contributed by atoms with van der Waals surface area (Å²) >= 11 is 0. The van der Waals surface area contributed by atoms with Gasteiger partial charge in [0.25, 0.3) is 0 Å². The molecule has 1 heterocycles. The van der Waals surface area contributed by atoms with Crippen LogP contribution >= 0.6 is 0 Å². The number of carboxylic acids is 1. The van der Waals surface area contributed by atoms with Gasteiger partial charge in [-0.05, 0) is 60.1 Å². The molecule has 4 atom stereocenters. The van der Waals surface area contributed by atoms with Gasteiger partial charge in [-0.15, -0.1) is 0 Å². The lowest BCUT2D eigenvalue weighted by atomic mass is 9.82. The Morgan fingerprint density at radius 3 is 2.23 bits per heavy atom. The van der Waals surface area contributed by atoms with Crippen molar-refractivity contribution in [2.75, 3.05) is 5.32 Å². The smallest absolute Gasteiger partial charge is 0.307 e. The molecule has 1 fully saturated rings. The minimum absolute atomic E-state index is 0.0176. The molecule has 0 radical (unpaired) electrons. The molecule has 1 amide bonds. The van der Waals surface area contributed by atoms with E-state index in [1.165, 1.54) is 5.56 Å². The average molecular weight is 348 g/mol. The van der Waals surface area contributed by atoms with Crippen molar-refractivity contribution in [2.45, 2.75) is 12.8 Å². The SMILES string of the molecule is O=C(O)[C@@H]1[C@H](C(=O)Nc2ccc(Cc3ccncc3)cc2)[C@H]2C=C[C@H]1C2. The molecule has 2 N–H and O–H groups in total. The lowest BCUT2D eigenvalue weighted by Crippen LogP contribution is -2.36. The lowest BCUT2D eigenvalue weighted by molar-refractivity contribution is -0.146. The van der Waals surface area contributed by atoms with Crippen molar-refractivity contribution in [3.63, 3.8) is 0 Å². The zero-order valence-electron chi connectivity index (χ0n) is 14.2. The Morgan fingerprint density at radius 2 is 1.58 bits per heavy atom. The van der Waals surface area contributed by atoms with Crippen molar-refractivity contribution in [1.82, 2.24) is 4.98 Å². The number of carbonyl (C=O) groups is 2. The molecular formula is C21H20N2O3. The second-order valence-electron chi connectivity index (χ2n) is 7.06. The zero-order valence-corrected chi connectivity index (χ0v) is 14.2. The van der Waals surface area contributed by atoms with E-state index < -0.39 is 17.8 Å². The number of aromatic nitrogens is 1. The Balaban J connectivity index is 1.43. The summed E-state index contributed by atoms with van der Waals surface area (Å²) in [6.45, 7) is 0. The molecule has 5 heteroatoms. The second-order valence-corrected chi connectivity index (χ2v) is 7.06. The fourth-order valence-corrected chi connectivity index (χ4v) is 4.18. The molecule has 1 aromatic heterocycles. The van der Waals surface area contributed by atoms with Crippen molar-refractivity contribution < 1.29 is 14.7 Å². The summed E-state index contributed by atoms with van der Waals surface area (Å²) in [5, 5.41) is 12.4. The summed E-state index contributed by atoms with van der Waals surface area (Å²) in [6, 6.07) is 11.6. The Hall–Kier alpha value is -2.95. The Labute approximate surface area is 151 Å².